The number of aromatic nitrogens is 2. The van der Waals surface area contributed by atoms with E-state index in [2.05, 4.69) is 14.9 Å². The van der Waals surface area contributed by atoms with Gasteiger partial charge in [-0.25, -0.2) is 4.98 Å². The number of nitrogens with one attached hydrogen (secondary N) is 1. The van der Waals surface area contributed by atoms with Crippen molar-refractivity contribution in [3.8, 4) is 0 Å². The standard InChI is InChI=1S/C11H19N3/c1(2-6-13-11-4-5-11)3-8-14-9-7-12-10-14/h7,9-11,13H,1-6,8H2. The van der Waals surface area contributed by atoms with Crippen LogP contribution in [0.1, 0.15) is 32.1 Å². The third-order valence-corrected chi connectivity index (χ3v) is 2.66. The highest BCUT2D eigenvalue weighted by Gasteiger charge is 2.19. The first kappa shape index (κ1) is 9.71. The van der Waals surface area contributed by atoms with Crippen LogP contribution >= 0.6 is 0 Å². The van der Waals surface area contributed by atoms with Crippen molar-refractivity contribution in [2.75, 3.05) is 6.54 Å². The molecular weight excluding hydrogens is 174 g/mol. The normalized spacial score (nSPS) is 16.0. The zero-order valence-corrected chi connectivity index (χ0v) is 8.65. The van der Waals surface area contributed by atoms with Crippen LogP contribution in [0.5, 0.6) is 0 Å². The second kappa shape index (κ2) is 5.15. The Morgan fingerprint density at radius 2 is 2.21 bits per heavy atom. The number of nitrogens with zero attached hydrogens (tertiary/aromatic N) is 2. The second-order valence-corrected chi connectivity index (χ2v) is 4.09. The fraction of sp³-hybridized carbons (Fsp3) is 0.727. The summed E-state index contributed by atoms with van der Waals surface area (Å²) in [6.07, 6.45) is 12.5. The maximum Gasteiger partial charge on any atom is 0.0945 e. The topological polar surface area (TPSA) is 29.9 Å². The lowest BCUT2D eigenvalue weighted by molar-refractivity contribution is 0.557. The van der Waals surface area contributed by atoms with Gasteiger partial charge in [0.15, 0.2) is 0 Å². The molecule has 1 aromatic rings. The maximum absolute atomic E-state index is 4.02. The molecule has 0 unspecified atom stereocenters. The molecule has 3 heteroatoms. The van der Waals surface area contributed by atoms with Crippen LogP contribution in [0.3, 0.4) is 0 Å². The second-order valence-electron chi connectivity index (χ2n) is 4.09. The van der Waals surface area contributed by atoms with E-state index in [-0.39, 0.29) is 0 Å². The molecule has 0 saturated heterocycles. The molecule has 1 saturated carbocycles. The molecule has 14 heavy (non-hydrogen) atoms. The molecule has 0 amide bonds. The molecule has 1 aromatic heterocycles. The molecule has 1 fully saturated rings. The first-order chi connectivity index (χ1) is 6.95. The van der Waals surface area contributed by atoms with Crippen molar-refractivity contribution < 1.29 is 0 Å². The number of aryl methyl sites for hydroxylation is 1. The lowest BCUT2D eigenvalue weighted by Crippen LogP contribution is -2.17. The van der Waals surface area contributed by atoms with Crippen molar-refractivity contribution >= 4 is 0 Å². The monoisotopic (exact) mass is 193 g/mol. The van der Waals surface area contributed by atoms with Gasteiger partial charge < -0.3 is 9.88 Å². The average molecular weight is 193 g/mol. The fourth-order valence-corrected chi connectivity index (χ4v) is 1.61. The van der Waals surface area contributed by atoms with Gasteiger partial charge in [-0.2, -0.15) is 0 Å². The highest BCUT2D eigenvalue weighted by Crippen LogP contribution is 2.18. The summed E-state index contributed by atoms with van der Waals surface area (Å²) in [5.74, 6) is 0. The van der Waals surface area contributed by atoms with Gasteiger partial charge in [0.1, 0.15) is 0 Å². The molecule has 78 valence electrons. The van der Waals surface area contributed by atoms with E-state index >= 15 is 0 Å². The predicted molar refractivity (Wildman–Crippen MR) is 57.1 cm³/mol. The molecule has 0 aliphatic heterocycles. The summed E-state index contributed by atoms with van der Waals surface area (Å²) in [7, 11) is 0. The number of hydrogen-bond acceptors (Lipinski definition) is 2. The summed E-state index contributed by atoms with van der Waals surface area (Å²) in [4.78, 5) is 4.02. The van der Waals surface area contributed by atoms with Gasteiger partial charge in [0, 0.05) is 25.0 Å². The van der Waals surface area contributed by atoms with Crippen molar-refractivity contribution in [1.82, 2.24) is 14.9 Å². The minimum atomic E-state index is 0.864. The molecular formula is C11H19N3. The smallest absolute Gasteiger partial charge is 0.0945 e. The van der Waals surface area contributed by atoms with E-state index in [1.165, 1.54) is 38.6 Å². The first-order valence-electron chi connectivity index (χ1n) is 5.64. The Morgan fingerprint density at radius 3 is 2.93 bits per heavy atom. The molecule has 0 bridgehead atoms. The van der Waals surface area contributed by atoms with Gasteiger partial charge in [-0.15, -0.1) is 0 Å². The van der Waals surface area contributed by atoms with Crippen LogP contribution < -0.4 is 5.32 Å². The third-order valence-electron chi connectivity index (χ3n) is 2.66. The van der Waals surface area contributed by atoms with Crippen LogP contribution in [0.15, 0.2) is 18.7 Å². The van der Waals surface area contributed by atoms with Crippen LogP contribution in [0, 0.1) is 0 Å². The number of rotatable bonds is 7. The summed E-state index contributed by atoms with van der Waals surface area (Å²) in [6.45, 7) is 2.32. The minimum Gasteiger partial charge on any atom is -0.337 e. The first-order valence-corrected chi connectivity index (χ1v) is 5.64. The molecule has 2 rings (SSSR count). The summed E-state index contributed by atoms with van der Waals surface area (Å²) in [6, 6.07) is 0.864. The van der Waals surface area contributed by atoms with Crippen LogP contribution in [-0.2, 0) is 6.54 Å². The predicted octanol–water partition coefficient (Wildman–Crippen LogP) is 1.81. The van der Waals surface area contributed by atoms with Gasteiger partial charge in [-0.1, -0.05) is 6.42 Å². The van der Waals surface area contributed by atoms with Gasteiger partial charge in [-0.05, 0) is 32.2 Å². The Labute approximate surface area is 85.5 Å². The fourth-order valence-electron chi connectivity index (χ4n) is 1.61. The molecule has 1 aliphatic carbocycles. The molecule has 1 aliphatic rings. The number of unbranched alkanes of at least 4 members (excludes halogenated alkanes) is 2. The summed E-state index contributed by atoms with van der Waals surface area (Å²) < 4.78 is 2.15. The molecule has 0 radical (unpaired) electrons. The van der Waals surface area contributed by atoms with Crippen LogP contribution in [0.25, 0.3) is 0 Å². The van der Waals surface area contributed by atoms with Crippen molar-refractivity contribution in [2.45, 2.75) is 44.7 Å². The Hall–Kier alpha value is -0.830. The highest BCUT2D eigenvalue weighted by atomic mass is 15.0. The lowest BCUT2D eigenvalue weighted by atomic mass is 10.2. The van der Waals surface area contributed by atoms with Gasteiger partial charge >= 0.3 is 0 Å². The van der Waals surface area contributed by atoms with E-state index in [4.69, 9.17) is 0 Å². The average Bonchev–Trinajstić information content (AvgIpc) is 2.87. The van der Waals surface area contributed by atoms with Crippen LogP contribution in [-0.4, -0.2) is 22.1 Å². The Morgan fingerprint density at radius 1 is 1.29 bits per heavy atom. The zero-order chi connectivity index (χ0) is 9.64. The van der Waals surface area contributed by atoms with E-state index in [0.29, 0.717) is 0 Å². The van der Waals surface area contributed by atoms with Gasteiger partial charge in [-0.3, -0.25) is 0 Å². The van der Waals surface area contributed by atoms with Gasteiger partial charge in [0.2, 0.25) is 0 Å². The molecule has 3 nitrogen and oxygen atoms in total. The van der Waals surface area contributed by atoms with Crippen molar-refractivity contribution in [3.05, 3.63) is 18.7 Å². The minimum absolute atomic E-state index is 0.864. The largest absolute Gasteiger partial charge is 0.337 e. The highest BCUT2D eigenvalue weighted by molar-refractivity contribution is 4.80. The van der Waals surface area contributed by atoms with Crippen LogP contribution in [0.2, 0.25) is 0 Å². The lowest BCUT2D eigenvalue weighted by Gasteiger charge is -2.03. The van der Waals surface area contributed by atoms with Gasteiger partial charge in [0.25, 0.3) is 0 Å². The van der Waals surface area contributed by atoms with E-state index < -0.39 is 0 Å². The van der Waals surface area contributed by atoms with Crippen molar-refractivity contribution in [3.63, 3.8) is 0 Å². The Balaban J connectivity index is 1.43. The Kier molecular flexibility index (Phi) is 3.57. The molecule has 1 heterocycles. The third kappa shape index (κ3) is 3.50. The van der Waals surface area contributed by atoms with E-state index in [1.54, 1.807) is 0 Å². The Bertz CT molecular complexity index is 239. The molecule has 0 aromatic carbocycles. The van der Waals surface area contributed by atoms with Crippen molar-refractivity contribution in [2.24, 2.45) is 0 Å². The molecule has 0 atom stereocenters. The van der Waals surface area contributed by atoms with E-state index in [9.17, 15) is 0 Å². The number of hydrogen-bond donors (Lipinski definition) is 1. The van der Waals surface area contributed by atoms with E-state index in [0.717, 1.165) is 12.6 Å². The SMILES string of the molecule is c1cn(CCCCCNC2CC2)cn1. The summed E-state index contributed by atoms with van der Waals surface area (Å²) in [5, 5.41) is 3.53. The van der Waals surface area contributed by atoms with Crippen molar-refractivity contribution in [1.29, 1.82) is 0 Å². The summed E-state index contributed by atoms with van der Waals surface area (Å²) >= 11 is 0. The van der Waals surface area contributed by atoms with Gasteiger partial charge in [0.05, 0.1) is 6.33 Å². The molecule has 0 spiro atoms. The molecule has 1 N–H and O–H groups in total. The zero-order valence-electron chi connectivity index (χ0n) is 8.65. The quantitative estimate of drug-likeness (QED) is 0.669. The van der Waals surface area contributed by atoms with Crippen LogP contribution in [0.4, 0.5) is 0 Å². The van der Waals surface area contributed by atoms with E-state index in [1.807, 2.05) is 18.7 Å². The summed E-state index contributed by atoms with van der Waals surface area (Å²) in [5.41, 5.74) is 0. The number of imidazole rings is 1. The maximum atomic E-state index is 4.02.